The molecule has 3 aromatic heterocycles. The molecule has 5 N–H and O–H groups in total. The highest BCUT2D eigenvalue weighted by Gasteiger charge is 2.36. The van der Waals surface area contributed by atoms with Gasteiger partial charge in [0.05, 0.1) is 29.5 Å². The van der Waals surface area contributed by atoms with Gasteiger partial charge in [0, 0.05) is 26.1 Å². The molecule has 11 nitrogen and oxygen atoms in total. The lowest BCUT2D eigenvalue weighted by Gasteiger charge is -2.17. The number of carbonyl (C=O) groups excluding carboxylic acids is 1. The zero-order valence-corrected chi connectivity index (χ0v) is 17.0. The summed E-state index contributed by atoms with van der Waals surface area (Å²) < 4.78 is 3.76. The summed E-state index contributed by atoms with van der Waals surface area (Å²) >= 11 is 0. The summed E-state index contributed by atoms with van der Waals surface area (Å²) in [5.74, 6) is 1.06. The third kappa shape index (κ3) is 3.22. The molecule has 0 unspecified atom stereocenters. The van der Waals surface area contributed by atoms with E-state index in [4.69, 9.17) is 11.5 Å². The second-order valence-corrected chi connectivity index (χ2v) is 7.77. The molecular weight excluding hydrogens is 398 g/mol. The molecule has 0 radical (unpaired) electrons. The van der Waals surface area contributed by atoms with Crippen LogP contribution in [0.15, 0.2) is 30.6 Å². The number of aryl methyl sites for hydroxylation is 2. The van der Waals surface area contributed by atoms with Gasteiger partial charge in [0.1, 0.15) is 11.3 Å². The SMILES string of the molecule is Cc1nc2ccccc2n1CCC(=O)N1C[C@H](O)[C@@H](n2cnc3c(N)nc(N)nc32)C1. The number of benzene rings is 1. The number of aliphatic hydroxyl groups excluding tert-OH is 1. The maximum atomic E-state index is 12.9. The molecule has 1 aliphatic heterocycles. The Hall–Kier alpha value is -3.73. The average molecular weight is 421 g/mol. The van der Waals surface area contributed by atoms with Gasteiger partial charge in [-0.2, -0.15) is 9.97 Å². The average Bonchev–Trinajstić information content (AvgIpc) is 3.40. The number of nitrogens with zero attached hydrogens (tertiary/aromatic N) is 7. The molecule has 0 aliphatic carbocycles. The van der Waals surface area contributed by atoms with Crippen LogP contribution in [0.4, 0.5) is 11.8 Å². The van der Waals surface area contributed by atoms with Gasteiger partial charge in [-0.1, -0.05) is 12.1 Å². The predicted molar refractivity (Wildman–Crippen MR) is 115 cm³/mol. The normalized spacial score (nSPS) is 19.0. The third-order valence-electron chi connectivity index (χ3n) is 5.83. The molecule has 31 heavy (non-hydrogen) atoms. The number of fused-ring (bicyclic) bond motifs is 2. The lowest BCUT2D eigenvalue weighted by Crippen LogP contribution is -2.30. The van der Waals surface area contributed by atoms with Crippen molar-refractivity contribution in [3.63, 3.8) is 0 Å². The minimum Gasteiger partial charge on any atom is -0.389 e. The van der Waals surface area contributed by atoms with Crippen LogP contribution in [0.25, 0.3) is 22.2 Å². The third-order valence-corrected chi connectivity index (χ3v) is 5.83. The first-order chi connectivity index (χ1) is 14.9. The number of nitrogens with two attached hydrogens (primary N) is 2. The summed E-state index contributed by atoms with van der Waals surface area (Å²) in [7, 11) is 0. The Bertz CT molecular complexity index is 1290. The number of aliphatic hydroxyl groups is 1. The quantitative estimate of drug-likeness (QED) is 0.430. The molecule has 1 aromatic carbocycles. The van der Waals surface area contributed by atoms with E-state index in [1.165, 1.54) is 0 Å². The Morgan fingerprint density at radius 1 is 1.19 bits per heavy atom. The van der Waals surface area contributed by atoms with Crippen molar-refractivity contribution in [3.8, 4) is 0 Å². The van der Waals surface area contributed by atoms with Gasteiger partial charge < -0.3 is 30.6 Å². The number of rotatable bonds is 4. The van der Waals surface area contributed by atoms with Crippen LogP contribution in [0.5, 0.6) is 0 Å². The van der Waals surface area contributed by atoms with Gasteiger partial charge in [-0.05, 0) is 19.1 Å². The monoisotopic (exact) mass is 421 g/mol. The van der Waals surface area contributed by atoms with E-state index in [2.05, 4.69) is 19.9 Å². The first-order valence-electron chi connectivity index (χ1n) is 10.1. The zero-order valence-electron chi connectivity index (χ0n) is 17.0. The van der Waals surface area contributed by atoms with Gasteiger partial charge in [-0.25, -0.2) is 9.97 Å². The number of amides is 1. The van der Waals surface area contributed by atoms with Crippen molar-refractivity contribution in [2.45, 2.75) is 32.0 Å². The molecule has 11 heteroatoms. The largest absolute Gasteiger partial charge is 0.389 e. The summed E-state index contributed by atoms with van der Waals surface area (Å²) in [4.78, 5) is 31.5. The number of aromatic nitrogens is 6. The van der Waals surface area contributed by atoms with Crippen molar-refractivity contribution in [2.24, 2.45) is 0 Å². The van der Waals surface area contributed by atoms with Crippen LogP contribution in [-0.2, 0) is 11.3 Å². The summed E-state index contributed by atoms with van der Waals surface area (Å²) in [5.41, 5.74) is 14.4. The van der Waals surface area contributed by atoms with Crippen LogP contribution >= 0.6 is 0 Å². The Balaban J connectivity index is 1.32. The molecule has 2 atom stereocenters. The van der Waals surface area contributed by atoms with Crippen molar-refractivity contribution >= 4 is 39.9 Å². The molecule has 160 valence electrons. The minimum absolute atomic E-state index is 0.0307. The van der Waals surface area contributed by atoms with Gasteiger partial charge in [0.2, 0.25) is 11.9 Å². The summed E-state index contributed by atoms with van der Waals surface area (Å²) in [5, 5.41) is 10.7. The number of carbonyl (C=O) groups is 1. The number of imidazole rings is 2. The van der Waals surface area contributed by atoms with Crippen LogP contribution in [-0.4, -0.2) is 64.2 Å². The Kier molecular flexibility index (Phi) is 4.47. The summed E-state index contributed by atoms with van der Waals surface area (Å²) in [6.07, 6.45) is 1.11. The molecular formula is C20H23N9O2. The van der Waals surface area contributed by atoms with Crippen molar-refractivity contribution < 1.29 is 9.90 Å². The Morgan fingerprint density at radius 2 is 2.00 bits per heavy atom. The summed E-state index contributed by atoms with van der Waals surface area (Å²) in [6, 6.07) is 7.47. The zero-order chi connectivity index (χ0) is 21.7. The first kappa shape index (κ1) is 19.2. The molecule has 1 amide bonds. The van der Waals surface area contributed by atoms with Gasteiger partial charge >= 0.3 is 0 Å². The molecule has 4 heterocycles. The smallest absolute Gasteiger partial charge is 0.224 e. The Morgan fingerprint density at radius 3 is 2.84 bits per heavy atom. The fraction of sp³-hybridized carbons (Fsp3) is 0.350. The molecule has 1 saturated heterocycles. The molecule has 5 rings (SSSR count). The van der Waals surface area contributed by atoms with E-state index in [9.17, 15) is 9.90 Å². The second-order valence-electron chi connectivity index (χ2n) is 7.77. The topological polar surface area (TPSA) is 154 Å². The van der Waals surface area contributed by atoms with Gasteiger partial charge in [0.25, 0.3) is 0 Å². The standard InChI is InChI=1S/C20H23N9O2/c1-11-24-12-4-2-3-5-13(12)28(11)7-6-16(31)27-8-14(15(30)9-27)29-10-23-17-18(21)25-20(22)26-19(17)29/h2-5,10,14-15,30H,6-9H2,1H3,(H4,21,22,25,26)/t14-,15-/m0/s1. The fourth-order valence-corrected chi connectivity index (χ4v) is 4.29. The Labute approximate surface area is 177 Å². The van der Waals surface area contributed by atoms with Crippen molar-refractivity contribution in [1.29, 1.82) is 0 Å². The van der Waals surface area contributed by atoms with Crippen molar-refractivity contribution in [3.05, 3.63) is 36.4 Å². The van der Waals surface area contributed by atoms with Crippen LogP contribution in [0, 0.1) is 6.92 Å². The van der Waals surface area contributed by atoms with Crippen molar-refractivity contribution in [2.75, 3.05) is 24.6 Å². The van der Waals surface area contributed by atoms with Gasteiger partial charge in [-0.3, -0.25) is 4.79 Å². The van der Waals surface area contributed by atoms with Crippen LogP contribution in [0.2, 0.25) is 0 Å². The molecule has 1 aliphatic rings. The van der Waals surface area contributed by atoms with E-state index >= 15 is 0 Å². The van der Waals surface area contributed by atoms with Crippen molar-refractivity contribution in [1.82, 2.24) is 34.0 Å². The van der Waals surface area contributed by atoms with Crippen LogP contribution in [0.3, 0.4) is 0 Å². The molecule has 1 fully saturated rings. The highest BCUT2D eigenvalue weighted by Crippen LogP contribution is 2.28. The fourth-order valence-electron chi connectivity index (χ4n) is 4.29. The lowest BCUT2D eigenvalue weighted by molar-refractivity contribution is -0.130. The number of nitrogen functional groups attached to an aromatic ring is 2. The number of hydrogen-bond acceptors (Lipinski definition) is 8. The first-order valence-corrected chi connectivity index (χ1v) is 10.1. The molecule has 0 bridgehead atoms. The highest BCUT2D eigenvalue weighted by atomic mass is 16.3. The van der Waals surface area contributed by atoms with Gasteiger partial charge in [-0.15, -0.1) is 0 Å². The minimum atomic E-state index is -0.755. The lowest BCUT2D eigenvalue weighted by atomic mass is 10.2. The number of para-hydroxylation sites is 2. The maximum absolute atomic E-state index is 12.9. The number of likely N-dealkylation sites (tertiary alicyclic amines) is 1. The molecule has 0 saturated carbocycles. The van der Waals surface area contributed by atoms with E-state index in [0.29, 0.717) is 30.7 Å². The van der Waals surface area contributed by atoms with E-state index in [0.717, 1.165) is 16.9 Å². The summed E-state index contributed by atoms with van der Waals surface area (Å²) in [6.45, 7) is 3.04. The number of β-amino-alcohol motifs (C(OH)–C–C–N with tert-alkyl or cyclic N) is 1. The number of anilines is 2. The van der Waals surface area contributed by atoms with Crippen LogP contribution < -0.4 is 11.5 Å². The number of hydrogen-bond donors (Lipinski definition) is 3. The second kappa shape index (κ2) is 7.20. The molecule has 0 spiro atoms. The van der Waals surface area contributed by atoms with Gasteiger partial charge in [0.15, 0.2) is 11.5 Å². The van der Waals surface area contributed by atoms with E-state index in [1.54, 1.807) is 15.8 Å². The van der Waals surface area contributed by atoms with Crippen LogP contribution in [0.1, 0.15) is 18.3 Å². The maximum Gasteiger partial charge on any atom is 0.224 e. The highest BCUT2D eigenvalue weighted by molar-refractivity contribution is 5.83. The van der Waals surface area contributed by atoms with E-state index < -0.39 is 12.1 Å². The predicted octanol–water partition coefficient (Wildman–Crippen LogP) is 0.483. The molecule has 4 aromatic rings. The van der Waals surface area contributed by atoms with E-state index in [-0.39, 0.29) is 24.2 Å². The van der Waals surface area contributed by atoms with E-state index in [1.807, 2.05) is 35.8 Å².